The average Bonchev–Trinajstić information content (AvgIpc) is 3.34. The van der Waals surface area contributed by atoms with E-state index in [1.54, 1.807) is 4.90 Å². The van der Waals surface area contributed by atoms with Crippen LogP contribution in [0.5, 0.6) is 0 Å². The molecule has 1 unspecified atom stereocenters. The number of nitrogens with one attached hydrogen (secondary N) is 2. The maximum atomic E-state index is 13.8. The number of hydrogen-bond donors (Lipinski definition) is 2. The predicted octanol–water partition coefficient (Wildman–Crippen LogP) is 2.08. The van der Waals surface area contributed by atoms with Crippen LogP contribution in [0.3, 0.4) is 0 Å². The van der Waals surface area contributed by atoms with Gasteiger partial charge in [-0.1, -0.05) is 0 Å². The molecule has 0 spiro atoms. The third-order valence-corrected chi connectivity index (χ3v) is 5.06. The van der Waals surface area contributed by atoms with Gasteiger partial charge in [-0.3, -0.25) is 9.59 Å². The first-order valence-corrected chi connectivity index (χ1v) is 8.81. The Morgan fingerprint density at radius 3 is 2.96 bits per heavy atom. The van der Waals surface area contributed by atoms with Crippen LogP contribution in [0, 0.1) is 17.7 Å². The molecule has 1 saturated carbocycles. The molecule has 2 amide bonds. The van der Waals surface area contributed by atoms with Gasteiger partial charge in [-0.25, -0.2) is 9.37 Å². The normalized spacial score (nSPS) is 20.7. The number of rotatable bonds is 4. The monoisotopic (exact) mass is 344 g/mol. The summed E-state index contributed by atoms with van der Waals surface area (Å²) in [5.41, 5.74) is 1.21. The highest BCUT2D eigenvalue weighted by atomic mass is 19.1. The lowest BCUT2D eigenvalue weighted by atomic mass is 9.96. The van der Waals surface area contributed by atoms with Crippen molar-refractivity contribution in [3.8, 4) is 0 Å². The van der Waals surface area contributed by atoms with Crippen LogP contribution in [0.1, 0.15) is 36.0 Å². The molecule has 2 heterocycles. The van der Waals surface area contributed by atoms with Gasteiger partial charge in [0.1, 0.15) is 11.3 Å². The second-order valence-corrected chi connectivity index (χ2v) is 7.03. The van der Waals surface area contributed by atoms with Crippen molar-refractivity contribution in [1.82, 2.24) is 20.2 Å². The summed E-state index contributed by atoms with van der Waals surface area (Å²) < 4.78 is 13.8. The molecule has 2 fully saturated rings. The summed E-state index contributed by atoms with van der Waals surface area (Å²) in [5.74, 6) is -0.286. The van der Waals surface area contributed by atoms with Crippen molar-refractivity contribution in [3.63, 3.8) is 0 Å². The van der Waals surface area contributed by atoms with E-state index < -0.39 is 5.82 Å². The van der Waals surface area contributed by atoms with Crippen molar-refractivity contribution in [2.75, 3.05) is 19.6 Å². The number of aromatic amines is 1. The third-order valence-electron chi connectivity index (χ3n) is 5.06. The molecule has 1 aromatic heterocycles. The van der Waals surface area contributed by atoms with E-state index in [0.29, 0.717) is 30.0 Å². The Kier molecular flexibility index (Phi) is 4.15. The van der Waals surface area contributed by atoms with E-state index >= 15 is 0 Å². The van der Waals surface area contributed by atoms with Crippen LogP contribution in [0.2, 0.25) is 0 Å². The highest BCUT2D eigenvalue weighted by Crippen LogP contribution is 2.28. The van der Waals surface area contributed by atoms with Crippen LogP contribution in [-0.4, -0.2) is 46.3 Å². The number of amides is 2. The van der Waals surface area contributed by atoms with Gasteiger partial charge in [-0.2, -0.15) is 0 Å². The minimum Gasteiger partial charge on any atom is -0.356 e. The molecular weight excluding hydrogens is 323 g/mol. The molecule has 132 valence electrons. The highest BCUT2D eigenvalue weighted by molar-refractivity contribution is 6.05. The van der Waals surface area contributed by atoms with E-state index in [4.69, 9.17) is 0 Å². The summed E-state index contributed by atoms with van der Waals surface area (Å²) in [5, 5.41) is 2.99. The Morgan fingerprint density at radius 2 is 2.16 bits per heavy atom. The highest BCUT2D eigenvalue weighted by Gasteiger charge is 2.31. The second-order valence-electron chi connectivity index (χ2n) is 7.03. The molecule has 0 bridgehead atoms. The van der Waals surface area contributed by atoms with Crippen LogP contribution < -0.4 is 5.32 Å². The molecule has 1 atom stereocenters. The Bertz CT molecular complexity index is 815. The van der Waals surface area contributed by atoms with Gasteiger partial charge in [0.2, 0.25) is 5.91 Å². The Morgan fingerprint density at radius 1 is 1.32 bits per heavy atom. The summed E-state index contributed by atoms with van der Waals surface area (Å²) in [6.45, 7) is 1.69. The summed E-state index contributed by atoms with van der Waals surface area (Å²) in [4.78, 5) is 33.8. The number of carbonyl (C=O) groups excluding carboxylic acids is 2. The van der Waals surface area contributed by atoms with Gasteiger partial charge in [0, 0.05) is 19.6 Å². The molecule has 2 aliphatic rings. The van der Waals surface area contributed by atoms with E-state index in [2.05, 4.69) is 15.3 Å². The quantitative estimate of drug-likeness (QED) is 0.891. The largest absolute Gasteiger partial charge is 0.356 e. The molecule has 6 nitrogen and oxygen atoms in total. The van der Waals surface area contributed by atoms with Crippen LogP contribution in [0.15, 0.2) is 18.5 Å². The Hall–Kier alpha value is -2.44. The zero-order valence-electron chi connectivity index (χ0n) is 13.9. The van der Waals surface area contributed by atoms with E-state index in [0.717, 1.165) is 19.4 Å². The molecule has 2 N–H and O–H groups in total. The molecule has 1 aromatic carbocycles. The lowest BCUT2D eigenvalue weighted by Crippen LogP contribution is -2.45. The first kappa shape index (κ1) is 16.1. The van der Waals surface area contributed by atoms with E-state index in [-0.39, 0.29) is 23.3 Å². The van der Waals surface area contributed by atoms with Crippen LogP contribution in [0.4, 0.5) is 4.39 Å². The number of halogens is 1. The van der Waals surface area contributed by atoms with Crippen molar-refractivity contribution in [3.05, 3.63) is 29.8 Å². The van der Waals surface area contributed by atoms with Gasteiger partial charge in [0.05, 0.1) is 23.3 Å². The number of piperidine rings is 1. The fourth-order valence-corrected chi connectivity index (χ4v) is 3.43. The number of hydrogen-bond acceptors (Lipinski definition) is 3. The summed E-state index contributed by atoms with van der Waals surface area (Å²) in [7, 11) is 0. The van der Waals surface area contributed by atoms with Gasteiger partial charge in [0.25, 0.3) is 5.91 Å². The number of imidazole rings is 1. The smallest absolute Gasteiger partial charge is 0.256 e. The SMILES string of the molecule is O=C(NCC1CC1)C1CCCN(C(=O)c2cc(F)cc3[nH]cnc23)C1. The first-order chi connectivity index (χ1) is 12.1. The number of fused-ring (bicyclic) bond motifs is 1. The third kappa shape index (κ3) is 3.36. The minimum absolute atomic E-state index is 0.0218. The van der Waals surface area contributed by atoms with E-state index in [1.165, 1.54) is 31.3 Å². The first-order valence-electron chi connectivity index (χ1n) is 8.81. The molecule has 1 saturated heterocycles. The zero-order chi connectivity index (χ0) is 17.4. The zero-order valence-corrected chi connectivity index (χ0v) is 13.9. The molecule has 1 aliphatic carbocycles. The van der Waals surface area contributed by atoms with Crippen molar-refractivity contribution in [2.45, 2.75) is 25.7 Å². The molecule has 7 heteroatoms. The number of likely N-dealkylation sites (tertiary alicyclic amines) is 1. The molecule has 1 aliphatic heterocycles. The summed E-state index contributed by atoms with van der Waals surface area (Å²) >= 11 is 0. The fourth-order valence-electron chi connectivity index (χ4n) is 3.43. The van der Waals surface area contributed by atoms with Crippen molar-refractivity contribution in [1.29, 1.82) is 0 Å². The molecule has 4 rings (SSSR count). The fraction of sp³-hybridized carbons (Fsp3) is 0.500. The lowest BCUT2D eigenvalue weighted by molar-refractivity contribution is -0.126. The number of H-pyrrole nitrogens is 1. The van der Waals surface area contributed by atoms with Crippen molar-refractivity contribution < 1.29 is 14.0 Å². The standard InChI is InChI=1S/C18H21FN4O2/c19-13-6-14(16-15(7-13)21-10-22-16)18(25)23-5-1-2-12(9-23)17(24)20-8-11-3-4-11/h6-7,10-12H,1-5,8-9H2,(H,20,24)(H,21,22). The molecule has 25 heavy (non-hydrogen) atoms. The van der Waals surface area contributed by atoms with E-state index in [9.17, 15) is 14.0 Å². The lowest BCUT2D eigenvalue weighted by Gasteiger charge is -2.32. The Labute approximate surface area is 144 Å². The molecule has 0 radical (unpaired) electrons. The number of aromatic nitrogens is 2. The van der Waals surface area contributed by atoms with Gasteiger partial charge in [-0.15, -0.1) is 0 Å². The van der Waals surface area contributed by atoms with Gasteiger partial charge < -0.3 is 15.2 Å². The maximum absolute atomic E-state index is 13.8. The number of benzene rings is 1. The topological polar surface area (TPSA) is 78.1 Å². The second kappa shape index (κ2) is 6.46. The molecular formula is C18H21FN4O2. The van der Waals surface area contributed by atoms with E-state index in [1.807, 2.05) is 0 Å². The Balaban J connectivity index is 1.49. The number of carbonyl (C=O) groups is 2. The average molecular weight is 344 g/mol. The van der Waals surface area contributed by atoms with Crippen LogP contribution in [-0.2, 0) is 4.79 Å². The van der Waals surface area contributed by atoms with Gasteiger partial charge >= 0.3 is 0 Å². The van der Waals surface area contributed by atoms with Gasteiger partial charge in [0.15, 0.2) is 0 Å². The van der Waals surface area contributed by atoms with Crippen molar-refractivity contribution in [2.24, 2.45) is 11.8 Å². The van der Waals surface area contributed by atoms with Crippen LogP contribution >= 0.6 is 0 Å². The van der Waals surface area contributed by atoms with Gasteiger partial charge in [-0.05, 0) is 43.7 Å². The molecule has 2 aromatic rings. The maximum Gasteiger partial charge on any atom is 0.256 e. The summed E-state index contributed by atoms with van der Waals surface area (Å²) in [6.07, 6.45) is 5.38. The van der Waals surface area contributed by atoms with Crippen molar-refractivity contribution >= 4 is 22.8 Å². The summed E-state index contributed by atoms with van der Waals surface area (Å²) in [6, 6.07) is 2.55. The predicted molar refractivity (Wildman–Crippen MR) is 90.4 cm³/mol. The van der Waals surface area contributed by atoms with Crippen LogP contribution in [0.25, 0.3) is 11.0 Å². The minimum atomic E-state index is -0.476. The number of nitrogens with zero attached hydrogens (tertiary/aromatic N) is 2.